The molecule has 2 aromatic rings. The summed E-state index contributed by atoms with van der Waals surface area (Å²) in [5, 5.41) is 0.959. The van der Waals surface area contributed by atoms with E-state index in [4.69, 9.17) is 4.74 Å². The Hall–Kier alpha value is -1.84. The van der Waals surface area contributed by atoms with Crippen LogP contribution in [0.3, 0.4) is 0 Å². The van der Waals surface area contributed by atoms with Crippen LogP contribution in [-0.4, -0.2) is 22.5 Å². The molecule has 0 unspecified atom stereocenters. The Morgan fingerprint density at radius 2 is 2.40 bits per heavy atom. The van der Waals surface area contributed by atoms with Crippen molar-refractivity contribution in [2.75, 3.05) is 6.61 Å². The van der Waals surface area contributed by atoms with Crippen LogP contribution in [0.4, 0.5) is 0 Å². The molecule has 78 valence electrons. The van der Waals surface area contributed by atoms with Crippen LogP contribution in [0.1, 0.15) is 23.1 Å². The number of hydrogen-bond donors (Lipinski definition) is 1. The number of fused-ring (bicyclic) bond motifs is 1. The molecule has 0 aliphatic carbocycles. The largest absolute Gasteiger partial charge is 0.461 e. The topological polar surface area (TPSA) is 55.0 Å². The van der Waals surface area contributed by atoms with E-state index in [0.717, 1.165) is 16.6 Å². The average Bonchev–Trinajstić information content (AvgIpc) is 2.63. The van der Waals surface area contributed by atoms with Gasteiger partial charge in [-0.3, -0.25) is 4.98 Å². The van der Waals surface area contributed by atoms with Gasteiger partial charge in [0, 0.05) is 22.8 Å². The van der Waals surface area contributed by atoms with Crippen LogP contribution in [0.25, 0.3) is 10.9 Å². The predicted molar refractivity (Wildman–Crippen MR) is 56.8 cm³/mol. The molecule has 4 nitrogen and oxygen atoms in total. The van der Waals surface area contributed by atoms with E-state index in [1.807, 2.05) is 13.0 Å². The van der Waals surface area contributed by atoms with Gasteiger partial charge in [-0.25, -0.2) is 4.79 Å². The Labute approximate surface area is 87.3 Å². The third-order valence-electron chi connectivity index (χ3n) is 2.24. The number of hydrogen-bond acceptors (Lipinski definition) is 3. The number of ether oxygens (including phenoxy) is 1. The van der Waals surface area contributed by atoms with E-state index in [-0.39, 0.29) is 5.97 Å². The van der Waals surface area contributed by atoms with Crippen molar-refractivity contribution in [1.29, 1.82) is 0 Å². The number of aromatic amines is 1. The van der Waals surface area contributed by atoms with Gasteiger partial charge in [0.1, 0.15) is 5.69 Å². The number of aromatic nitrogens is 2. The maximum absolute atomic E-state index is 11.5. The molecular weight excluding hydrogens is 192 g/mol. The Morgan fingerprint density at radius 3 is 3.07 bits per heavy atom. The number of rotatable bonds is 2. The summed E-state index contributed by atoms with van der Waals surface area (Å²) in [4.78, 5) is 18.6. The number of esters is 1. The van der Waals surface area contributed by atoms with Crippen molar-refractivity contribution in [3.05, 3.63) is 29.7 Å². The second-order valence-electron chi connectivity index (χ2n) is 3.26. The summed E-state index contributed by atoms with van der Waals surface area (Å²) >= 11 is 0. The zero-order valence-electron chi connectivity index (χ0n) is 8.70. The summed E-state index contributed by atoms with van der Waals surface area (Å²) in [6.07, 6.45) is 1.71. The molecular formula is C11H12N2O2. The van der Waals surface area contributed by atoms with Crippen molar-refractivity contribution >= 4 is 16.9 Å². The van der Waals surface area contributed by atoms with E-state index in [1.54, 1.807) is 19.2 Å². The molecule has 0 bridgehead atoms. The highest BCUT2D eigenvalue weighted by Crippen LogP contribution is 2.17. The normalized spacial score (nSPS) is 10.5. The van der Waals surface area contributed by atoms with Crippen molar-refractivity contribution in [3.8, 4) is 0 Å². The van der Waals surface area contributed by atoms with E-state index in [0.29, 0.717) is 12.3 Å². The molecule has 4 heteroatoms. The molecule has 15 heavy (non-hydrogen) atoms. The molecule has 0 amide bonds. The number of carbonyl (C=O) groups is 1. The molecule has 2 rings (SSSR count). The smallest absolute Gasteiger partial charge is 0.354 e. The molecule has 2 heterocycles. The van der Waals surface area contributed by atoms with Crippen LogP contribution in [0.2, 0.25) is 0 Å². The Bertz CT molecular complexity index is 502. The van der Waals surface area contributed by atoms with Crippen molar-refractivity contribution < 1.29 is 9.53 Å². The number of H-pyrrole nitrogens is 1. The van der Waals surface area contributed by atoms with Gasteiger partial charge in [-0.05, 0) is 26.0 Å². The Balaban J connectivity index is 2.47. The third kappa shape index (κ3) is 1.70. The molecule has 0 aromatic carbocycles. The first-order valence-electron chi connectivity index (χ1n) is 4.84. The van der Waals surface area contributed by atoms with E-state index in [1.165, 1.54) is 0 Å². The van der Waals surface area contributed by atoms with Gasteiger partial charge in [0.2, 0.25) is 0 Å². The lowest BCUT2D eigenvalue weighted by Crippen LogP contribution is -2.04. The number of carbonyl (C=O) groups excluding carboxylic acids is 1. The molecule has 0 saturated heterocycles. The fraction of sp³-hybridized carbons (Fsp3) is 0.273. The summed E-state index contributed by atoms with van der Waals surface area (Å²) in [5.74, 6) is -0.326. The molecule has 2 aromatic heterocycles. The van der Waals surface area contributed by atoms with Crippen molar-refractivity contribution in [3.63, 3.8) is 0 Å². The highest BCUT2D eigenvalue weighted by atomic mass is 16.5. The quantitative estimate of drug-likeness (QED) is 0.761. The molecule has 0 aliphatic heterocycles. The molecule has 0 atom stereocenters. The average molecular weight is 204 g/mol. The predicted octanol–water partition coefficient (Wildman–Crippen LogP) is 2.05. The molecule has 0 fully saturated rings. The van der Waals surface area contributed by atoms with Crippen LogP contribution in [0.5, 0.6) is 0 Å². The van der Waals surface area contributed by atoms with Gasteiger partial charge in [-0.2, -0.15) is 0 Å². The van der Waals surface area contributed by atoms with Crippen LogP contribution in [0, 0.1) is 6.92 Å². The van der Waals surface area contributed by atoms with E-state index >= 15 is 0 Å². The van der Waals surface area contributed by atoms with Crippen LogP contribution < -0.4 is 0 Å². The van der Waals surface area contributed by atoms with Gasteiger partial charge >= 0.3 is 5.97 Å². The fourth-order valence-electron chi connectivity index (χ4n) is 1.51. The van der Waals surface area contributed by atoms with Crippen molar-refractivity contribution in [1.82, 2.24) is 9.97 Å². The van der Waals surface area contributed by atoms with Gasteiger partial charge in [-0.15, -0.1) is 0 Å². The summed E-state index contributed by atoms with van der Waals surface area (Å²) < 4.78 is 4.91. The summed E-state index contributed by atoms with van der Waals surface area (Å²) in [6, 6.07) is 3.61. The summed E-state index contributed by atoms with van der Waals surface area (Å²) in [5.41, 5.74) is 2.29. The lowest BCUT2D eigenvalue weighted by Gasteiger charge is -1.96. The van der Waals surface area contributed by atoms with E-state index in [9.17, 15) is 4.79 Å². The highest BCUT2D eigenvalue weighted by Gasteiger charge is 2.11. The first-order chi connectivity index (χ1) is 7.22. The van der Waals surface area contributed by atoms with Gasteiger partial charge < -0.3 is 9.72 Å². The summed E-state index contributed by atoms with van der Waals surface area (Å²) in [6.45, 7) is 4.07. The lowest BCUT2D eigenvalue weighted by atomic mass is 10.2. The van der Waals surface area contributed by atoms with Crippen LogP contribution >= 0.6 is 0 Å². The summed E-state index contributed by atoms with van der Waals surface area (Å²) in [7, 11) is 0. The standard InChI is InChI=1S/C11H12N2O2/c1-3-15-11(14)10-6-8-7(2)12-5-4-9(8)13-10/h4-6,13H,3H2,1-2H3. The van der Waals surface area contributed by atoms with Crippen LogP contribution in [0.15, 0.2) is 18.3 Å². The maximum atomic E-state index is 11.5. The number of aryl methyl sites for hydroxylation is 1. The second kappa shape index (κ2) is 3.73. The first kappa shape index (κ1) is 9.71. The molecule has 1 N–H and O–H groups in total. The second-order valence-corrected chi connectivity index (χ2v) is 3.26. The Kier molecular flexibility index (Phi) is 2.41. The number of nitrogens with one attached hydrogen (secondary N) is 1. The lowest BCUT2D eigenvalue weighted by molar-refractivity contribution is 0.0520. The van der Waals surface area contributed by atoms with Gasteiger partial charge in [0.05, 0.1) is 6.61 Å². The maximum Gasteiger partial charge on any atom is 0.354 e. The monoisotopic (exact) mass is 204 g/mol. The zero-order valence-corrected chi connectivity index (χ0v) is 8.70. The number of nitrogens with zero attached hydrogens (tertiary/aromatic N) is 1. The molecule has 0 radical (unpaired) electrons. The van der Waals surface area contributed by atoms with Gasteiger partial charge in [0.25, 0.3) is 0 Å². The zero-order chi connectivity index (χ0) is 10.8. The van der Waals surface area contributed by atoms with Crippen molar-refractivity contribution in [2.24, 2.45) is 0 Å². The minimum atomic E-state index is -0.326. The molecule has 0 aliphatic rings. The van der Waals surface area contributed by atoms with Gasteiger partial charge in [0.15, 0.2) is 0 Å². The first-order valence-corrected chi connectivity index (χ1v) is 4.84. The highest BCUT2D eigenvalue weighted by molar-refractivity contribution is 5.95. The molecule has 0 spiro atoms. The van der Waals surface area contributed by atoms with Crippen LogP contribution in [-0.2, 0) is 4.74 Å². The number of pyridine rings is 1. The fourth-order valence-corrected chi connectivity index (χ4v) is 1.51. The minimum Gasteiger partial charge on any atom is -0.461 e. The van der Waals surface area contributed by atoms with Crippen molar-refractivity contribution in [2.45, 2.75) is 13.8 Å². The van der Waals surface area contributed by atoms with E-state index < -0.39 is 0 Å². The Morgan fingerprint density at radius 1 is 1.60 bits per heavy atom. The molecule has 0 saturated carbocycles. The van der Waals surface area contributed by atoms with Gasteiger partial charge in [-0.1, -0.05) is 0 Å². The SMILES string of the molecule is CCOC(=O)c1cc2c(C)nccc2[nH]1. The minimum absolute atomic E-state index is 0.326. The van der Waals surface area contributed by atoms with E-state index in [2.05, 4.69) is 9.97 Å². The third-order valence-corrected chi connectivity index (χ3v) is 2.24.